The van der Waals surface area contributed by atoms with E-state index in [1.807, 2.05) is 0 Å². The van der Waals surface area contributed by atoms with Crippen molar-refractivity contribution in [2.75, 3.05) is 21.3 Å². The van der Waals surface area contributed by atoms with Gasteiger partial charge in [0.2, 0.25) is 0 Å². The highest BCUT2D eigenvalue weighted by molar-refractivity contribution is 6.33. The number of hydrogen-bond acceptors (Lipinski definition) is 4. The van der Waals surface area contributed by atoms with Crippen LogP contribution in [0.2, 0.25) is 5.02 Å². The van der Waals surface area contributed by atoms with Gasteiger partial charge >= 0.3 is 0 Å². The second-order valence-electron chi connectivity index (χ2n) is 4.95. The van der Waals surface area contributed by atoms with Crippen LogP contribution in [-0.2, 0) is 6.54 Å². The van der Waals surface area contributed by atoms with E-state index in [1.54, 1.807) is 12.1 Å². The molecule has 0 radical (unpaired) electrons. The van der Waals surface area contributed by atoms with E-state index >= 15 is 0 Å². The molecule has 0 aliphatic heterocycles. The van der Waals surface area contributed by atoms with Crippen molar-refractivity contribution in [1.82, 2.24) is 5.32 Å². The van der Waals surface area contributed by atoms with Crippen LogP contribution in [0.1, 0.15) is 15.9 Å². The van der Waals surface area contributed by atoms with Crippen molar-refractivity contribution in [3.05, 3.63) is 52.0 Å². The molecule has 1 amide bonds. The van der Waals surface area contributed by atoms with E-state index in [-0.39, 0.29) is 17.1 Å². The first-order chi connectivity index (χ1) is 11.9. The standard InChI is InChI=1S/C17H16ClF2NO4/c1-23-14-7-16(25-3)15(24-2)4-9(14)8-21-17(22)10-5-12(19)13(20)6-11(10)18/h4-7H,8H2,1-3H3,(H,21,22). The lowest BCUT2D eigenvalue weighted by Crippen LogP contribution is -2.23. The van der Waals surface area contributed by atoms with Gasteiger partial charge in [-0.05, 0) is 18.2 Å². The Balaban J connectivity index is 2.23. The van der Waals surface area contributed by atoms with E-state index in [0.29, 0.717) is 22.8 Å². The molecule has 8 heteroatoms. The summed E-state index contributed by atoms with van der Waals surface area (Å²) < 4.78 is 42.1. The minimum Gasteiger partial charge on any atom is -0.496 e. The van der Waals surface area contributed by atoms with Crippen LogP contribution in [0.5, 0.6) is 17.2 Å². The van der Waals surface area contributed by atoms with Gasteiger partial charge in [0.1, 0.15) is 5.75 Å². The monoisotopic (exact) mass is 371 g/mol. The highest BCUT2D eigenvalue weighted by atomic mass is 35.5. The number of carbonyl (C=O) groups is 1. The SMILES string of the molecule is COc1cc(OC)c(OC)cc1CNC(=O)c1cc(F)c(F)cc1Cl. The van der Waals surface area contributed by atoms with Crippen LogP contribution in [0.4, 0.5) is 8.78 Å². The molecule has 2 aromatic rings. The number of methoxy groups -OCH3 is 3. The predicted molar refractivity (Wildman–Crippen MR) is 88.6 cm³/mol. The maximum Gasteiger partial charge on any atom is 0.253 e. The number of rotatable bonds is 6. The van der Waals surface area contributed by atoms with Gasteiger partial charge < -0.3 is 19.5 Å². The molecule has 2 rings (SSSR count). The molecule has 0 aliphatic rings. The van der Waals surface area contributed by atoms with E-state index in [4.69, 9.17) is 25.8 Å². The van der Waals surface area contributed by atoms with E-state index in [2.05, 4.69) is 5.32 Å². The third-order valence-electron chi connectivity index (χ3n) is 3.48. The molecule has 0 bridgehead atoms. The number of halogens is 3. The number of nitrogens with one attached hydrogen (secondary N) is 1. The fraction of sp³-hybridized carbons (Fsp3) is 0.235. The van der Waals surface area contributed by atoms with Crippen LogP contribution in [0, 0.1) is 11.6 Å². The van der Waals surface area contributed by atoms with Gasteiger partial charge in [-0.2, -0.15) is 0 Å². The molecule has 0 unspecified atom stereocenters. The fourth-order valence-electron chi connectivity index (χ4n) is 2.20. The zero-order chi connectivity index (χ0) is 18.6. The Morgan fingerprint density at radius 2 is 1.52 bits per heavy atom. The summed E-state index contributed by atoms with van der Waals surface area (Å²) >= 11 is 5.80. The molecule has 0 heterocycles. The minimum absolute atomic E-state index is 0.0533. The molecule has 25 heavy (non-hydrogen) atoms. The van der Waals surface area contributed by atoms with Gasteiger partial charge in [-0.25, -0.2) is 8.78 Å². The smallest absolute Gasteiger partial charge is 0.253 e. The second-order valence-corrected chi connectivity index (χ2v) is 5.36. The highest BCUT2D eigenvalue weighted by Gasteiger charge is 2.17. The molecular weight excluding hydrogens is 356 g/mol. The molecule has 5 nitrogen and oxygen atoms in total. The molecule has 2 aromatic carbocycles. The van der Waals surface area contributed by atoms with Crippen molar-refractivity contribution in [2.24, 2.45) is 0 Å². The molecule has 0 aromatic heterocycles. The van der Waals surface area contributed by atoms with Crippen LogP contribution in [-0.4, -0.2) is 27.2 Å². The van der Waals surface area contributed by atoms with Crippen LogP contribution in [0.3, 0.4) is 0 Å². The minimum atomic E-state index is -1.15. The summed E-state index contributed by atoms with van der Waals surface area (Å²) in [7, 11) is 4.44. The number of carbonyl (C=O) groups excluding carboxylic acids is 1. The van der Waals surface area contributed by atoms with Crippen LogP contribution < -0.4 is 19.5 Å². The predicted octanol–water partition coefficient (Wildman–Crippen LogP) is 3.57. The average Bonchev–Trinajstić information content (AvgIpc) is 2.61. The van der Waals surface area contributed by atoms with Gasteiger partial charge in [-0.1, -0.05) is 11.6 Å². The summed E-state index contributed by atoms with van der Waals surface area (Å²) in [6, 6.07) is 4.76. The molecule has 0 fully saturated rings. The molecule has 0 atom stereocenters. The molecule has 134 valence electrons. The van der Waals surface area contributed by atoms with Crippen molar-refractivity contribution in [2.45, 2.75) is 6.54 Å². The zero-order valence-electron chi connectivity index (χ0n) is 13.8. The largest absolute Gasteiger partial charge is 0.496 e. The maximum absolute atomic E-state index is 13.3. The third kappa shape index (κ3) is 4.11. The van der Waals surface area contributed by atoms with Gasteiger partial charge in [-0.3, -0.25) is 4.79 Å². The highest BCUT2D eigenvalue weighted by Crippen LogP contribution is 2.34. The normalized spacial score (nSPS) is 10.3. The van der Waals surface area contributed by atoms with Crippen molar-refractivity contribution in [1.29, 1.82) is 0 Å². The first-order valence-electron chi connectivity index (χ1n) is 7.12. The molecule has 0 saturated carbocycles. The number of hydrogen-bond donors (Lipinski definition) is 1. The van der Waals surface area contributed by atoms with Gasteiger partial charge in [-0.15, -0.1) is 0 Å². The Bertz CT molecular complexity index is 799. The quantitative estimate of drug-likeness (QED) is 0.789. The van der Waals surface area contributed by atoms with E-state index in [9.17, 15) is 13.6 Å². The summed E-state index contributed by atoms with van der Waals surface area (Å²) in [5.74, 6) is -1.53. The second kappa shape index (κ2) is 8.02. The van der Waals surface area contributed by atoms with Crippen LogP contribution >= 0.6 is 11.6 Å². The molecule has 0 saturated heterocycles. The third-order valence-corrected chi connectivity index (χ3v) is 3.79. The van der Waals surface area contributed by atoms with Crippen LogP contribution in [0.15, 0.2) is 24.3 Å². The Hall–Kier alpha value is -2.54. The van der Waals surface area contributed by atoms with E-state index < -0.39 is 17.5 Å². The van der Waals surface area contributed by atoms with Crippen molar-refractivity contribution < 1.29 is 27.8 Å². The average molecular weight is 372 g/mol. The lowest BCUT2D eigenvalue weighted by atomic mass is 10.1. The summed E-state index contributed by atoms with van der Waals surface area (Å²) in [4.78, 5) is 12.2. The molecular formula is C17H16ClF2NO4. The Labute approximate surface area is 148 Å². The van der Waals surface area contributed by atoms with Gasteiger partial charge in [0.15, 0.2) is 23.1 Å². The first-order valence-corrected chi connectivity index (χ1v) is 7.50. The summed E-state index contributed by atoms with van der Waals surface area (Å²) in [5.41, 5.74) is 0.437. The van der Waals surface area contributed by atoms with Gasteiger partial charge in [0.25, 0.3) is 5.91 Å². The Kier molecular flexibility index (Phi) is 6.03. The van der Waals surface area contributed by atoms with E-state index in [0.717, 1.165) is 12.1 Å². The van der Waals surface area contributed by atoms with E-state index in [1.165, 1.54) is 21.3 Å². The number of amides is 1. The molecule has 0 aliphatic carbocycles. The summed E-state index contributed by atoms with van der Waals surface area (Å²) in [6.07, 6.45) is 0. The number of benzene rings is 2. The number of ether oxygens (including phenoxy) is 3. The van der Waals surface area contributed by atoms with Gasteiger partial charge in [0.05, 0.1) is 31.9 Å². The van der Waals surface area contributed by atoms with Gasteiger partial charge in [0, 0.05) is 18.2 Å². The summed E-state index contributed by atoms with van der Waals surface area (Å²) in [6.45, 7) is 0.0533. The lowest BCUT2D eigenvalue weighted by molar-refractivity contribution is 0.0950. The fourth-order valence-corrected chi connectivity index (χ4v) is 2.43. The van der Waals surface area contributed by atoms with Crippen molar-refractivity contribution >= 4 is 17.5 Å². The topological polar surface area (TPSA) is 56.8 Å². The maximum atomic E-state index is 13.3. The Morgan fingerprint density at radius 3 is 2.12 bits per heavy atom. The zero-order valence-corrected chi connectivity index (χ0v) is 14.5. The first kappa shape index (κ1) is 18.8. The molecule has 1 N–H and O–H groups in total. The molecule has 0 spiro atoms. The van der Waals surface area contributed by atoms with Crippen molar-refractivity contribution in [3.63, 3.8) is 0 Å². The lowest BCUT2D eigenvalue weighted by Gasteiger charge is -2.15. The van der Waals surface area contributed by atoms with Crippen LogP contribution in [0.25, 0.3) is 0 Å². The summed E-state index contributed by atoms with van der Waals surface area (Å²) in [5, 5.41) is 2.39. The Morgan fingerprint density at radius 1 is 0.960 bits per heavy atom. The van der Waals surface area contributed by atoms with Crippen molar-refractivity contribution in [3.8, 4) is 17.2 Å².